The van der Waals surface area contributed by atoms with Crippen molar-refractivity contribution >= 4 is 0 Å². The number of rotatable bonds is 3. The minimum Gasteiger partial charge on any atom is -0.330 e. The van der Waals surface area contributed by atoms with Crippen molar-refractivity contribution in [1.29, 1.82) is 0 Å². The van der Waals surface area contributed by atoms with Crippen LogP contribution in [0.5, 0.6) is 0 Å². The van der Waals surface area contributed by atoms with Gasteiger partial charge in [0.15, 0.2) is 0 Å². The van der Waals surface area contributed by atoms with Crippen LogP contribution >= 0.6 is 0 Å². The molecule has 1 aliphatic carbocycles. The first-order chi connectivity index (χ1) is 8.40. The van der Waals surface area contributed by atoms with Gasteiger partial charge in [-0.05, 0) is 43.7 Å². The van der Waals surface area contributed by atoms with Crippen molar-refractivity contribution in [3.8, 4) is 0 Å². The number of hydrogen-bond acceptors (Lipinski definition) is 2. The van der Waals surface area contributed by atoms with Gasteiger partial charge >= 0.3 is 0 Å². The molecule has 3 rings (SSSR count). The maximum atomic E-state index is 5.73. The van der Waals surface area contributed by atoms with Gasteiger partial charge in [0.1, 0.15) is 0 Å². The Bertz CT molecular complexity index is 388. The molecule has 1 saturated carbocycles. The Morgan fingerprint density at radius 3 is 2.76 bits per heavy atom. The summed E-state index contributed by atoms with van der Waals surface area (Å²) < 4.78 is 2.26. The third-order valence-corrected chi connectivity index (χ3v) is 4.35. The highest BCUT2D eigenvalue weighted by atomic mass is 15.3. The molecular formula is C14H23N3. The number of aromatic nitrogens is 2. The average Bonchev–Trinajstić information content (AvgIpc) is 2.90. The quantitative estimate of drug-likeness (QED) is 0.871. The predicted molar refractivity (Wildman–Crippen MR) is 69.1 cm³/mol. The molecular weight excluding hydrogens is 210 g/mol. The Morgan fingerprint density at radius 2 is 2.00 bits per heavy atom. The lowest BCUT2D eigenvalue weighted by Crippen LogP contribution is -2.11. The van der Waals surface area contributed by atoms with Gasteiger partial charge in [0.05, 0.1) is 5.69 Å². The number of nitrogens with two attached hydrogens (primary N) is 1. The van der Waals surface area contributed by atoms with Gasteiger partial charge in [-0.15, -0.1) is 0 Å². The molecule has 0 radical (unpaired) electrons. The molecule has 0 bridgehead atoms. The van der Waals surface area contributed by atoms with Crippen molar-refractivity contribution in [2.45, 2.75) is 63.8 Å². The molecule has 0 atom stereocenters. The normalized spacial score (nSPS) is 20.8. The van der Waals surface area contributed by atoms with Gasteiger partial charge in [0, 0.05) is 18.7 Å². The summed E-state index contributed by atoms with van der Waals surface area (Å²) in [7, 11) is 0. The zero-order chi connectivity index (χ0) is 11.7. The molecule has 94 valence electrons. The molecule has 0 unspecified atom stereocenters. The smallest absolute Gasteiger partial charge is 0.0674 e. The molecule has 1 fully saturated rings. The summed E-state index contributed by atoms with van der Waals surface area (Å²) in [5, 5.41) is 4.79. The Balaban J connectivity index is 1.94. The molecule has 1 aromatic rings. The van der Waals surface area contributed by atoms with Gasteiger partial charge in [-0.3, -0.25) is 4.68 Å². The molecule has 3 nitrogen and oxygen atoms in total. The van der Waals surface area contributed by atoms with E-state index in [1.54, 1.807) is 11.3 Å². The lowest BCUT2D eigenvalue weighted by Gasteiger charge is -2.22. The van der Waals surface area contributed by atoms with Crippen LogP contribution in [-0.4, -0.2) is 16.3 Å². The van der Waals surface area contributed by atoms with Gasteiger partial charge in [-0.25, -0.2) is 0 Å². The maximum absolute atomic E-state index is 5.73. The zero-order valence-corrected chi connectivity index (χ0v) is 10.6. The fourth-order valence-corrected chi connectivity index (χ4v) is 3.59. The second kappa shape index (κ2) is 4.81. The summed E-state index contributed by atoms with van der Waals surface area (Å²) in [6.45, 7) is 1.86. The van der Waals surface area contributed by atoms with Gasteiger partial charge in [-0.1, -0.05) is 19.3 Å². The maximum Gasteiger partial charge on any atom is 0.0674 e. The number of aryl methyl sites for hydroxylation is 1. The van der Waals surface area contributed by atoms with Gasteiger partial charge in [0.25, 0.3) is 0 Å². The van der Waals surface area contributed by atoms with E-state index in [-0.39, 0.29) is 0 Å². The van der Waals surface area contributed by atoms with Crippen molar-refractivity contribution < 1.29 is 0 Å². The highest BCUT2D eigenvalue weighted by molar-refractivity contribution is 5.32. The lowest BCUT2D eigenvalue weighted by molar-refractivity contribution is 0.440. The molecule has 2 aliphatic rings. The highest BCUT2D eigenvalue weighted by Crippen LogP contribution is 2.38. The van der Waals surface area contributed by atoms with E-state index in [0.717, 1.165) is 25.4 Å². The first kappa shape index (κ1) is 11.3. The molecule has 1 aliphatic heterocycles. The first-order valence-electron chi connectivity index (χ1n) is 7.18. The van der Waals surface area contributed by atoms with Crippen molar-refractivity contribution in [3.05, 3.63) is 17.0 Å². The average molecular weight is 233 g/mol. The SMILES string of the molecule is NCCc1nn2c(c1C1CCCCC1)CCC2. The Morgan fingerprint density at radius 1 is 1.18 bits per heavy atom. The summed E-state index contributed by atoms with van der Waals surface area (Å²) in [5.41, 5.74) is 10.2. The number of hydrogen-bond donors (Lipinski definition) is 1. The summed E-state index contributed by atoms with van der Waals surface area (Å²) in [6, 6.07) is 0. The molecule has 2 N–H and O–H groups in total. The minimum atomic E-state index is 0.732. The minimum absolute atomic E-state index is 0.732. The fraction of sp³-hybridized carbons (Fsp3) is 0.786. The van der Waals surface area contributed by atoms with E-state index in [1.807, 2.05) is 0 Å². The molecule has 0 spiro atoms. The number of fused-ring (bicyclic) bond motifs is 1. The molecule has 1 aromatic heterocycles. The first-order valence-corrected chi connectivity index (χ1v) is 7.18. The van der Waals surface area contributed by atoms with Crippen LogP contribution in [0.4, 0.5) is 0 Å². The Labute approximate surface area is 103 Å². The Hall–Kier alpha value is -0.830. The van der Waals surface area contributed by atoms with Crippen LogP contribution in [0, 0.1) is 0 Å². The van der Waals surface area contributed by atoms with Gasteiger partial charge in [0.2, 0.25) is 0 Å². The zero-order valence-electron chi connectivity index (χ0n) is 10.6. The van der Waals surface area contributed by atoms with E-state index < -0.39 is 0 Å². The fourth-order valence-electron chi connectivity index (χ4n) is 3.59. The summed E-state index contributed by atoms with van der Waals surface area (Å²) in [4.78, 5) is 0. The van der Waals surface area contributed by atoms with Crippen LogP contribution in [0.1, 0.15) is 61.4 Å². The van der Waals surface area contributed by atoms with E-state index >= 15 is 0 Å². The van der Waals surface area contributed by atoms with Crippen LogP contribution in [0.3, 0.4) is 0 Å². The van der Waals surface area contributed by atoms with Crippen molar-refractivity contribution in [3.63, 3.8) is 0 Å². The summed E-state index contributed by atoms with van der Waals surface area (Å²) in [6.07, 6.45) is 10.5. The van der Waals surface area contributed by atoms with Crippen LogP contribution in [0.2, 0.25) is 0 Å². The van der Waals surface area contributed by atoms with Crippen molar-refractivity contribution in [2.75, 3.05) is 6.54 Å². The Kier molecular flexibility index (Phi) is 3.19. The van der Waals surface area contributed by atoms with E-state index in [0.29, 0.717) is 0 Å². The molecule has 3 heteroatoms. The van der Waals surface area contributed by atoms with Crippen molar-refractivity contribution in [2.24, 2.45) is 5.73 Å². The topological polar surface area (TPSA) is 43.8 Å². The van der Waals surface area contributed by atoms with E-state index in [4.69, 9.17) is 10.8 Å². The van der Waals surface area contributed by atoms with Crippen LogP contribution in [0.25, 0.3) is 0 Å². The van der Waals surface area contributed by atoms with Crippen molar-refractivity contribution in [1.82, 2.24) is 9.78 Å². The van der Waals surface area contributed by atoms with E-state index in [9.17, 15) is 0 Å². The third-order valence-electron chi connectivity index (χ3n) is 4.35. The standard InChI is InChI=1S/C14H23N3/c15-9-8-12-14(11-5-2-1-3-6-11)13-7-4-10-17(13)16-12/h11H,1-10,15H2. The molecule has 17 heavy (non-hydrogen) atoms. The highest BCUT2D eigenvalue weighted by Gasteiger charge is 2.27. The monoisotopic (exact) mass is 233 g/mol. The van der Waals surface area contributed by atoms with E-state index in [1.165, 1.54) is 50.6 Å². The molecule has 2 heterocycles. The van der Waals surface area contributed by atoms with Crippen LogP contribution in [0.15, 0.2) is 0 Å². The summed E-state index contributed by atoms with van der Waals surface area (Å²) in [5.74, 6) is 0.784. The third kappa shape index (κ3) is 2.01. The van der Waals surface area contributed by atoms with Gasteiger partial charge < -0.3 is 5.73 Å². The second-order valence-electron chi connectivity index (χ2n) is 5.51. The molecule has 0 saturated heterocycles. The lowest BCUT2D eigenvalue weighted by atomic mass is 9.82. The second-order valence-corrected chi connectivity index (χ2v) is 5.51. The van der Waals surface area contributed by atoms with E-state index in [2.05, 4.69) is 4.68 Å². The molecule has 0 amide bonds. The van der Waals surface area contributed by atoms with Crippen LogP contribution in [-0.2, 0) is 19.4 Å². The number of nitrogens with zero attached hydrogens (tertiary/aromatic N) is 2. The summed E-state index contributed by atoms with van der Waals surface area (Å²) >= 11 is 0. The van der Waals surface area contributed by atoms with Crippen LogP contribution < -0.4 is 5.73 Å². The predicted octanol–water partition coefficient (Wildman–Crippen LogP) is 2.38. The molecule has 0 aromatic carbocycles. The largest absolute Gasteiger partial charge is 0.330 e. The van der Waals surface area contributed by atoms with Gasteiger partial charge in [-0.2, -0.15) is 5.10 Å².